The molecule has 0 radical (unpaired) electrons. The molecule has 0 fully saturated rings. The van der Waals surface area contributed by atoms with Crippen molar-refractivity contribution in [2.24, 2.45) is 0 Å². The Balaban J connectivity index is 1.38. The van der Waals surface area contributed by atoms with Crippen LogP contribution in [0.15, 0.2) is 84.1 Å². The predicted octanol–water partition coefficient (Wildman–Crippen LogP) is 5.76. The van der Waals surface area contributed by atoms with Crippen LogP contribution >= 0.6 is 22.7 Å². The highest BCUT2D eigenvalue weighted by Crippen LogP contribution is 2.15. The molecule has 10 heteroatoms. The van der Waals surface area contributed by atoms with Crippen LogP contribution in [0.5, 0.6) is 0 Å². The minimum Gasteiger partial charge on any atom is -0.444 e. The van der Waals surface area contributed by atoms with Crippen molar-refractivity contribution in [3.05, 3.63) is 105 Å². The molecule has 2 heterocycles. The number of alkyl carbamates (subject to hydrolysis) is 2. The fourth-order valence-corrected chi connectivity index (χ4v) is 4.98. The van der Waals surface area contributed by atoms with Gasteiger partial charge in [0.25, 0.3) is 0 Å². The van der Waals surface area contributed by atoms with Crippen molar-refractivity contribution in [2.45, 2.75) is 51.0 Å². The lowest BCUT2D eigenvalue weighted by molar-refractivity contribution is 0.132. The summed E-state index contributed by atoms with van der Waals surface area (Å²) in [6.45, 7) is 0.358. The van der Waals surface area contributed by atoms with Crippen molar-refractivity contribution in [1.29, 1.82) is 0 Å². The SMILES string of the molecule is O=C(NC(CC[C@@H](Cc1ccccc1)NC(=O)OCc1cncs1)Cc1ccccc1)OCc1cncs1. The molecule has 0 saturated heterocycles. The summed E-state index contributed by atoms with van der Waals surface area (Å²) in [6.07, 6.45) is 4.98. The van der Waals surface area contributed by atoms with Crippen molar-refractivity contribution in [1.82, 2.24) is 20.6 Å². The van der Waals surface area contributed by atoms with Crippen LogP contribution in [0, 0.1) is 0 Å². The first-order chi connectivity index (χ1) is 18.6. The van der Waals surface area contributed by atoms with Crippen LogP contribution in [0.2, 0.25) is 0 Å². The number of aromatic nitrogens is 2. The van der Waals surface area contributed by atoms with Crippen LogP contribution in [0.1, 0.15) is 33.7 Å². The summed E-state index contributed by atoms with van der Waals surface area (Å²) in [6, 6.07) is 19.6. The molecule has 8 nitrogen and oxygen atoms in total. The molecule has 0 saturated carbocycles. The molecule has 2 aromatic heterocycles. The van der Waals surface area contributed by atoms with Crippen molar-refractivity contribution >= 4 is 34.9 Å². The van der Waals surface area contributed by atoms with E-state index in [1.165, 1.54) is 22.7 Å². The molecule has 38 heavy (non-hydrogen) atoms. The Morgan fingerprint density at radius 2 is 1.11 bits per heavy atom. The van der Waals surface area contributed by atoms with E-state index in [2.05, 4.69) is 20.6 Å². The number of carbonyl (C=O) groups is 2. The summed E-state index contributed by atoms with van der Waals surface area (Å²) in [5.74, 6) is 0. The smallest absolute Gasteiger partial charge is 0.407 e. The number of carbonyl (C=O) groups excluding carboxylic acids is 2. The highest BCUT2D eigenvalue weighted by Gasteiger charge is 2.20. The van der Waals surface area contributed by atoms with Gasteiger partial charge in [0.15, 0.2) is 0 Å². The molecule has 0 spiro atoms. The molecule has 2 amide bonds. The third-order valence-electron chi connectivity index (χ3n) is 5.82. The van der Waals surface area contributed by atoms with E-state index in [1.807, 2.05) is 60.7 Å². The molecule has 4 aromatic rings. The van der Waals surface area contributed by atoms with Crippen LogP contribution < -0.4 is 10.6 Å². The van der Waals surface area contributed by atoms with Crippen molar-refractivity contribution in [2.75, 3.05) is 0 Å². The first-order valence-electron chi connectivity index (χ1n) is 12.3. The number of ether oxygens (including phenoxy) is 2. The van der Waals surface area contributed by atoms with Crippen LogP contribution in [0.3, 0.4) is 0 Å². The van der Waals surface area contributed by atoms with Crippen molar-refractivity contribution < 1.29 is 19.1 Å². The number of nitrogens with zero attached hydrogens (tertiary/aromatic N) is 2. The molecular formula is C28H30N4O4S2. The van der Waals surface area contributed by atoms with E-state index in [4.69, 9.17) is 9.47 Å². The molecule has 4 rings (SSSR count). The highest BCUT2D eigenvalue weighted by molar-refractivity contribution is 7.09. The summed E-state index contributed by atoms with van der Waals surface area (Å²) < 4.78 is 10.8. The van der Waals surface area contributed by atoms with E-state index in [1.54, 1.807) is 23.4 Å². The topological polar surface area (TPSA) is 102 Å². The Morgan fingerprint density at radius 1 is 0.684 bits per heavy atom. The van der Waals surface area contributed by atoms with Gasteiger partial charge >= 0.3 is 12.2 Å². The average Bonchev–Trinajstić information content (AvgIpc) is 3.65. The van der Waals surface area contributed by atoms with Crippen molar-refractivity contribution in [3.8, 4) is 0 Å². The van der Waals surface area contributed by atoms with Gasteiger partial charge in [-0.2, -0.15) is 0 Å². The summed E-state index contributed by atoms with van der Waals surface area (Å²) in [4.78, 5) is 35.0. The summed E-state index contributed by atoms with van der Waals surface area (Å²) in [7, 11) is 0. The quantitative estimate of drug-likeness (QED) is 0.220. The van der Waals surface area contributed by atoms with Gasteiger partial charge < -0.3 is 20.1 Å². The van der Waals surface area contributed by atoms with Crippen LogP contribution in [-0.2, 0) is 35.5 Å². The zero-order chi connectivity index (χ0) is 26.4. The van der Waals surface area contributed by atoms with E-state index in [-0.39, 0.29) is 25.3 Å². The number of amides is 2. The Hall–Kier alpha value is -3.76. The largest absolute Gasteiger partial charge is 0.444 e. The second-order valence-electron chi connectivity index (χ2n) is 8.73. The average molecular weight is 551 g/mol. The monoisotopic (exact) mass is 550 g/mol. The first kappa shape index (κ1) is 27.3. The van der Waals surface area contributed by atoms with Gasteiger partial charge in [-0.3, -0.25) is 9.97 Å². The first-order valence-corrected chi connectivity index (χ1v) is 14.1. The third kappa shape index (κ3) is 9.60. The Morgan fingerprint density at radius 3 is 1.47 bits per heavy atom. The zero-order valence-corrected chi connectivity index (χ0v) is 22.5. The van der Waals surface area contributed by atoms with E-state index >= 15 is 0 Å². The Bertz CT molecular complexity index is 1120. The van der Waals surface area contributed by atoms with Gasteiger partial charge in [0.2, 0.25) is 0 Å². The number of hydrogen-bond acceptors (Lipinski definition) is 8. The minimum absolute atomic E-state index is 0.179. The number of nitrogens with one attached hydrogen (secondary N) is 2. The summed E-state index contributed by atoms with van der Waals surface area (Å²) in [5.41, 5.74) is 5.63. The molecular weight excluding hydrogens is 520 g/mol. The number of rotatable bonds is 13. The number of hydrogen-bond donors (Lipinski definition) is 2. The second kappa shape index (κ2) is 14.8. The van der Waals surface area contributed by atoms with Crippen LogP contribution in [0.4, 0.5) is 9.59 Å². The summed E-state index contributed by atoms with van der Waals surface area (Å²) >= 11 is 2.88. The number of benzene rings is 2. The van der Waals surface area contributed by atoms with E-state index in [0.717, 1.165) is 20.9 Å². The maximum Gasteiger partial charge on any atom is 0.407 e. The minimum atomic E-state index is -0.476. The lowest BCUT2D eigenvalue weighted by atomic mass is 9.96. The maximum absolute atomic E-state index is 12.6. The molecule has 198 valence electrons. The normalized spacial score (nSPS) is 12.3. The molecule has 2 atom stereocenters. The van der Waals surface area contributed by atoms with E-state index in [9.17, 15) is 9.59 Å². The van der Waals surface area contributed by atoms with Gasteiger partial charge in [0, 0.05) is 24.5 Å². The number of thiazole rings is 2. The fraction of sp³-hybridized carbons (Fsp3) is 0.286. The van der Waals surface area contributed by atoms with Gasteiger partial charge in [-0.15, -0.1) is 22.7 Å². The van der Waals surface area contributed by atoms with E-state index < -0.39 is 12.2 Å². The van der Waals surface area contributed by atoms with E-state index in [0.29, 0.717) is 25.7 Å². The lowest BCUT2D eigenvalue weighted by Crippen LogP contribution is -2.41. The Kier molecular flexibility index (Phi) is 10.7. The van der Waals surface area contributed by atoms with Crippen LogP contribution in [-0.4, -0.2) is 34.2 Å². The van der Waals surface area contributed by atoms with Crippen LogP contribution in [0.25, 0.3) is 0 Å². The molecule has 0 bridgehead atoms. The molecule has 0 aliphatic carbocycles. The van der Waals surface area contributed by atoms with Gasteiger partial charge in [-0.1, -0.05) is 60.7 Å². The van der Waals surface area contributed by atoms with Gasteiger partial charge in [0.05, 0.1) is 20.8 Å². The second-order valence-corrected chi connectivity index (χ2v) is 10.7. The molecule has 1 unspecified atom stereocenters. The zero-order valence-electron chi connectivity index (χ0n) is 20.8. The van der Waals surface area contributed by atoms with Gasteiger partial charge in [-0.05, 0) is 36.8 Å². The highest BCUT2D eigenvalue weighted by atomic mass is 32.1. The third-order valence-corrected chi connectivity index (χ3v) is 7.32. The molecule has 2 N–H and O–H groups in total. The molecule has 0 aliphatic rings. The maximum atomic E-state index is 12.6. The fourth-order valence-electron chi connectivity index (χ4n) is 3.97. The van der Waals surface area contributed by atoms with Gasteiger partial charge in [0.1, 0.15) is 13.2 Å². The molecule has 2 aromatic carbocycles. The standard InChI is InChI=1S/C28H30N4O4S2/c33-27(35-17-25-15-29-19-37-25)31-23(13-21-7-3-1-4-8-21)11-12-24(14-22-9-5-2-6-10-22)32-28(34)36-18-26-16-30-20-38-26/h1-10,15-16,19-20,23-24H,11-14,17-18H2,(H,31,33)(H,32,34)/t23-,24?/m0/s1. The Labute approximate surface area is 230 Å². The van der Waals surface area contributed by atoms with Gasteiger partial charge in [-0.25, -0.2) is 9.59 Å². The predicted molar refractivity (Wildman–Crippen MR) is 148 cm³/mol. The van der Waals surface area contributed by atoms with Crippen molar-refractivity contribution in [3.63, 3.8) is 0 Å². The lowest BCUT2D eigenvalue weighted by Gasteiger charge is -2.23. The molecule has 0 aliphatic heterocycles. The summed E-state index contributed by atoms with van der Waals surface area (Å²) in [5, 5.41) is 6.04.